The highest BCUT2D eigenvalue weighted by molar-refractivity contribution is 6.35. The van der Waals surface area contributed by atoms with E-state index in [0.29, 0.717) is 0 Å². The number of hydrogen-bond donors (Lipinski definition) is 1. The van der Waals surface area contributed by atoms with E-state index in [4.69, 9.17) is 17.3 Å². The predicted molar refractivity (Wildman–Crippen MR) is 94.5 cm³/mol. The van der Waals surface area contributed by atoms with Gasteiger partial charge in [0.25, 0.3) is 5.56 Å². The molecule has 4 rings (SSSR count). The van der Waals surface area contributed by atoms with Crippen LogP contribution < -0.4 is 11.3 Å². The van der Waals surface area contributed by atoms with Gasteiger partial charge in [-0.3, -0.25) is 14.3 Å². The lowest BCUT2D eigenvalue weighted by molar-refractivity contribution is 0.565. The first-order valence-electron chi connectivity index (χ1n) is 8.17. The monoisotopic (exact) mass is 376 g/mol. The van der Waals surface area contributed by atoms with E-state index >= 15 is 0 Å². The second kappa shape index (κ2) is 6.10. The fraction of sp³-hybridized carbons (Fsp3) is 0.278. The molecule has 8 heteroatoms. The highest BCUT2D eigenvalue weighted by Gasteiger charge is 2.34. The Morgan fingerprint density at radius 3 is 2.69 bits per heavy atom. The van der Waals surface area contributed by atoms with Crippen LogP contribution in [0.4, 0.5) is 8.78 Å². The molecule has 0 radical (unpaired) electrons. The van der Waals surface area contributed by atoms with Crippen LogP contribution in [0, 0.1) is 24.5 Å². The summed E-state index contributed by atoms with van der Waals surface area (Å²) in [4.78, 5) is 21.4. The zero-order chi connectivity index (χ0) is 18.6. The molecule has 1 atom stereocenters. The normalized spacial score (nSPS) is 15.4. The molecule has 0 saturated heterocycles. The van der Waals surface area contributed by atoms with Crippen molar-refractivity contribution >= 4 is 22.5 Å². The van der Waals surface area contributed by atoms with Crippen LogP contribution in [0.5, 0.6) is 0 Å². The van der Waals surface area contributed by atoms with Gasteiger partial charge in [0.15, 0.2) is 0 Å². The van der Waals surface area contributed by atoms with Gasteiger partial charge in [-0.15, -0.1) is 0 Å². The van der Waals surface area contributed by atoms with Gasteiger partial charge in [0, 0.05) is 5.56 Å². The largest absolute Gasteiger partial charge is 0.321 e. The summed E-state index contributed by atoms with van der Waals surface area (Å²) in [5.41, 5.74) is 5.99. The summed E-state index contributed by atoms with van der Waals surface area (Å²) in [6.45, 7) is 1.53. The molecule has 2 aromatic heterocycles. The molecule has 1 aromatic carbocycles. The van der Waals surface area contributed by atoms with E-state index in [1.54, 1.807) is 0 Å². The molecular formula is C18H15ClF2N4O. The van der Waals surface area contributed by atoms with Crippen LogP contribution in [0.15, 0.2) is 29.3 Å². The highest BCUT2D eigenvalue weighted by atomic mass is 35.5. The van der Waals surface area contributed by atoms with Gasteiger partial charge in [0.2, 0.25) is 0 Å². The Morgan fingerprint density at radius 2 is 2.00 bits per heavy atom. The maximum absolute atomic E-state index is 14.3. The molecule has 134 valence electrons. The van der Waals surface area contributed by atoms with E-state index in [1.807, 2.05) is 0 Å². The Morgan fingerprint density at radius 1 is 1.27 bits per heavy atom. The Labute approximate surface area is 152 Å². The first kappa shape index (κ1) is 17.1. The second-order valence-corrected chi connectivity index (χ2v) is 6.90. The third kappa shape index (κ3) is 2.59. The minimum atomic E-state index is -0.660. The number of hydrogen-bond acceptors (Lipinski definition) is 4. The summed E-state index contributed by atoms with van der Waals surface area (Å²) in [5, 5.41) is 0.00304. The molecule has 0 spiro atoms. The van der Waals surface area contributed by atoms with Crippen LogP contribution in [-0.2, 0) is 0 Å². The van der Waals surface area contributed by atoms with Crippen LogP contribution in [0.3, 0.4) is 0 Å². The summed E-state index contributed by atoms with van der Waals surface area (Å²) in [5.74, 6) is -0.894. The number of halogens is 3. The van der Waals surface area contributed by atoms with E-state index in [9.17, 15) is 13.6 Å². The first-order valence-corrected chi connectivity index (χ1v) is 8.54. The van der Waals surface area contributed by atoms with Gasteiger partial charge in [-0.2, -0.15) is 0 Å². The average Bonchev–Trinajstić information content (AvgIpc) is 3.45. The molecule has 2 N–H and O–H groups in total. The standard InChI is InChI=1S/C18H15ClF2N4O/c1-8-12(21)6-23-7-13(8)25-17(15(22)9-2-3-9)24-16-11(20)5-4-10(19)14(16)18(25)26/h4-7,9,15H,2-3,22H2,1H3/t15-/m0/s1. The van der Waals surface area contributed by atoms with Crippen molar-refractivity contribution in [3.63, 3.8) is 0 Å². The van der Waals surface area contributed by atoms with Gasteiger partial charge < -0.3 is 5.73 Å². The minimum absolute atomic E-state index is 0.0675. The molecule has 0 bridgehead atoms. The zero-order valence-electron chi connectivity index (χ0n) is 13.8. The van der Waals surface area contributed by atoms with Gasteiger partial charge >= 0.3 is 0 Å². The highest BCUT2D eigenvalue weighted by Crippen LogP contribution is 2.39. The van der Waals surface area contributed by atoms with Crippen molar-refractivity contribution in [2.45, 2.75) is 25.8 Å². The SMILES string of the molecule is Cc1c(F)cncc1-n1c([C@@H](N)C2CC2)nc2c(F)ccc(Cl)c2c1=O. The molecule has 0 aliphatic heterocycles. The summed E-state index contributed by atoms with van der Waals surface area (Å²) < 4.78 is 29.6. The third-order valence-corrected chi connectivity index (χ3v) is 5.06. The Hall–Kier alpha value is -2.38. The van der Waals surface area contributed by atoms with Crippen molar-refractivity contribution in [3.05, 3.63) is 62.9 Å². The number of fused-ring (bicyclic) bond motifs is 1. The number of benzene rings is 1. The van der Waals surface area contributed by atoms with Crippen molar-refractivity contribution in [2.75, 3.05) is 0 Å². The van der Waals surface area contributed by atoms with Crippen LogP contribution in [0.25, 0.3) is 16.6 Å². The number of rotatable bonds is 3. The van der Waals surface area contributed by atoms with E-state index in [-0.39, 0.29) is 38.9 Å². The molecule has 5 nitrogen and oxygen atoms in total. The molecule has 1 aliphatic rings. The van der Waals surface area contributed by atoms with E-state index in [1.165, 1.54) is 23.8 Å². The van der Waals surface area contributed by atoms with Crippen molar-refractivity contribution in [3.8, 4) is 5.69 Å². The van der Waals surface area contributed by atoms with Crippen LogP contribution in [-0.4, -0.2) is 14.5 Å². The second-order valence-electron chi connectivity index (χ2n) is 6.49. The number of aromatic nitrogens is 3. The maximum Gasteiger partial charge on any atom is 0.267 e. The van der Waals surface area contributed by atoms with Crippen LogP contribution in [0.1, 0.15) is 30.3 Å². The van der Waals surface area contributed by atoms with Gasteiger partial charge in [-0.25, -0.2) is 13.8 Å². The van der Waals surface area contributed by atoms with Crippen molar-refractivity contribution in [2.24, 2.45) is 11.7 Å². The average molecular weight is 377 g/mol. The van der Waals surface area contributed by atoms with E-state index in [2.05, 4.69) is 9.97 Å². The van der Waals surface area contributed by atoms with Gasteiger partial charge in [-0.1, -0.05) is 11.6 Å². The Kier molecular flexibility index (Phi) is 4.00. The molecular weight excluding hydrogens is 362 g/mol. The van der Waals surface area contributed by atoms with Gasteiger partial charge in [0.1, 0.15) is 23.0 Å². The quantitative estimate of drug-likeness (QED) is 0.760. The fourth-order valence-electron chi connectivity index (χ4n) is 3.07. The van der Waals surface area contributed by atoms with Crippen molar-refractivity contribution in [1.82, 2.24) is 14.5 Å². The lowest BCUT2D eigenvalue weighted by atomic mass is 10.1. The summed E-state index contributed by atoms with van der Waals surface area (Å²) in [6.07, 6.45) is 4.22. The molecule has 3 aromatic rings. The topological polar surface area (TPSA) is 73.8 Å². The van der Waals surface area contributed by atoms with E-state index < -0.39 is 23.2 Å². The fourth-order valence-corrected chi connectivity index (χ4v) is 3.30. The molecule has 0 amide bonds. The predicted octanol–water partition coefficient (Wildman–Crippen LogP) is 3.43. The lowest BCUT2D eigenvalue weighted by Gasteiger charge is -2.19. The Bertz CT molecular complexity index is 1090. The molecule has 2 heterocycles. The van der Waals surface area contributed by atoms with E-state index in [0.717, 1.165) is 25.1 Å². The minimum Gasteiger partial charge on any atom is -0.321 e. The molecule has 0 unspecified atom stereocenters. The maximum atomic E-state index is 14.3. The molecule has 1 saturated carbocycles. The first-order chi connectivity index (χ1) is 12.4. The van der Waals surface area contributed by atoms with Crippen molar-refractivity contribution < 1.29 is 8.78 Å². The van der Waals surface area contributed by atoms with Crippen molar-refractivity contribution in [1.29, 1.82) is 0 Å². The Balaban J connectivity index is 2.14. The number of nitrogens with two attached hydrogens (primary N) is 1. The summed E-state index contributed by atoms with van der Waals surface area (Å²) >= 11 is 6.13. The third-order valence-electron chi connectivity index (χ3n) is 4.75. The zero-order valence-corrected chi connectivity index (χ0v) is 14.6. The van der Waals surface area contributed by atoms with Gasteiger partial charge in [-0.05, 0) is 37.8 Å². The summed E-state index contributed by atoms with van der Waals surface area (Å²) in [6, 6.07) is 1.88. The molecule has 26 heavy (non-hydrogen) atoms. The number of pyridine rings is 1. The van der Waals surface area contributed by atoms with Crippen LogP contribution >= 0.6 is 11.6 Å². The molecule has 1 aliphatic carbocycles. The van der Waals surface area contributed by atoms with Gasteiger partial charge in [0.05, 0.1) is 34.5 Å². The summed E-state index contributed by atoms with van der Waals surface area (Å²) in [7, 11) is 0. The smallest absolute Gasteiger partial charge is 0.267 e. The molecule has 1 fully saturated rings. The van der Waals surface area contributed by atoms with Crippen LogP contribution in [0.2, 0.25) is 5.02 Å². The lowest BCUT2D eigenvalue weighted by Crippen LogP contribution is -2.30. The number of nitrogens with zero attached hydrogens (tertiary/aromatic N) is 3.